The van der Waals surface area contributed by atoms with Gasteiger partial charge in [0.2, 0.25) is 5.95 Å². The number of anilines is 2. The molecule has 1 aliphatic heterocycles. The van der Waals surface area contributed by atoms with Gasteiger partial charge in [0, 0.05) is 6.54 Å². The molecule has 1 aliphatic rings. The van der Waals surface area contributed by atoms with Crippen LogP contribution in [0.5, 0.6) is 0 Å². The Kier molecular flexibility index (Phi) is 5.33. The minimum Gasteiger partial charge on any atom is -0.394 e. The molecule has 3 heterocycles. The van der Waals surface area contributed by atoms with Gasteiger partial charge in [0.05, 0.1) is 12.9 Å². The Morgan fingerprint density at radius 3 is 2.62 bits per heavy atom. The van der Waals surface area contributed by atoms with E-state index in [9.17, 15) is 15.3 Å². The molecule has 29 heavy (non-hydrogen) atoms. The van der Waals surface area contributed by atoms with Crippen LogP contribution in [0, 0.1) is 6.92 Å². The van der Waals surface area contributed by atoms with Crippen molar-refractivity contribution < 1.29 is 20.1 Å². The average molecular weight is 400 g/mol. The Labute approximate surface area is 167 Å². The van der Waals surface area contributed by atoms with Gasteiger partial charge in [0.15, 0.2) is 23.2 Å². The lowest BCUT2D eigenvalue weighted by molar-refractivity contribution is -0.0511. The molecule has 6 N–H and O–H groups in total. The molecule has 154 valence electrons. The highest BCUT2D eigenvalue weighted by Crippen LogP contribution is 2.32. The fourth-order valence-electron chi connectivity index (χ4n) is 3.43. The molecule has 4 rings (SSSR count). The topological polar surface area (TPSA) is 152 Å². The minimum atomic E-state index is -1.24. The third kappa shape index (κ3) is 3.75. The van der Waals surface area contributed by atoms with E-state index in [1.54, 1.807) is 0 Å². The first kappa shape index (κ1) is 19.5. The molecule has 0 aliphatic carbocycles. The molecule has 1 fully saturated rings. The highest BCUT2D eigenvalue weighted by atomic mass is 16.6. The standard InChI is InChI=1S/C19H24N6O4/c1-10-2-4-11(5-3-10)6-7-21-16-13-17(24-19(20)23-16)25(9-22-13)18-15(28)14(27)12(8-26)29-18/h2-5,9,12,14-15,18,26-28H,6-8H2,1H3,(H3,20,21,23,24)/t12-,14-,15-,18?/m1/s1. The van der Waals surface area contributed by atoms with E-state index in [4.69, 9.17) is 10.5 Å². The number of ether oxygens (including phenoxy) is 1. The van der Waals surface area contributed by atoms with Gasteiger partial charge in [-0.3, -0.25) is 4.57 Å². The number of hydrogen-bond donors (Lipinski definition) is 5. The molecule has 1 saturated heterocycles. The zero-order valence-corrected chi connectivity index (χ0v) is 15.9. The number of aliphatic hydroxyl groups is 3. The summed E-state index contributed by atoms with van der Waals surface area (Å²) in [5, 5.41) is 32.8. The molecule has 0 spiro atoms. The number of aromatic nitrogens is 4. The molecule has 4 atom stereocenters. The lowest BCUT2D eigenvalue weighted by atomic mass is 10.1. The average Bonchev–Trinajstić information content (AvgIpc) is 3.24. The summed E-state index contributed by atoms with van der Waals surface area (Å²) in [5.41, 5.74) is 9.11. The predicted molar refractivity (Wildman–Crippen MR) is 106 cm³/mol. The summed E-state index contributed by atoms with van der Waals surface area (Å²) in [4.78, 5) is 12.8. The maximum absolute atomic E-state index is 10.3. The quantitative estimate of drug-likeness (QED) is 0.384. The summed E-state index contributed by atoms with van der Waals surface area (Å²) >= 11 is 0. The van der Waals surface area contributed by atoms with E-state index in [2.05, 4.69) is 44.5 Å². The first-order valence-electron chi connectivity index (χ1n) is 9.40. The van der Waals surface area contributed by atoms with Crippen molar-refractivity contribution >= 4 is 22.9 Å². The van der Waals surface area contributed by atoms with E-state index < -0.39 is 31.1 Å². The van der Waals surface area contributed by atoms with Crippen LogP contribution in [0.2, 0.25) is 0 Å². The van der Waals surface area contributed by atoms with Gasteiger partial charge in [0.25, 0.3) is 0 Å². The number of nitrogens with two attached hydrogens (primary N) is 1. The van der Waals surface area contributed by atoms with Crippen LogP contribution < -0.4 is 11.1 Å². The van der Waals surface area contributed by atoms with Crippen molar-refractivity contribution in [2.24, 2.45) is 0 Å². The summed E-state index contributed by atoms with van der Waals surface area (Å²) < 4.78 is 7.06. The fourth-order valence-corrected chi connectivity index (χ4v) is 3.43. The zero-order valence-electron chi connectivity index (χ0n) is 15.9. The van der Waals surface area contributed by atoms with Crippen molar-refractivity contribution in [1.29, 1.82) is 0 Å². The van der Waals surface area contributed by atoms with Crippen LogP contribution in [0.4, 0.5) is 11.8 Å². The van der Waals surface area contributed by atoms with E-state index in [0.717, 1.165) is 6.42 Å². The lowest BCUT2D eigenvalue weighted by Crippen LogP contribution is -2.33. The van der Waals surface area contributed by atoms with Crippen molar-refractivity contribution in [3.8, 4) is 0 Å². The number of hydrogen-bond acceptors (Lipinski definition) is 9. The number of aliphatic hydroxyl groups excluding tert-OH is 3. The van der Waals surface area contributed by atoms with Gasteiger partial charge in [-0.25, -0.2) is 4.98 Å². The Balaban J connectivity index is 1.56. The minimum absolute atomic E-state index is 0.0452. The van der Waals surface area contributed by atoms with Crippen LogP contribution in [-0.2, 0) is 11.2 Å². The number of nitrogens with zero attached hydrogens (tertiary/aromatic N) is 4. The lowest BCUT2D eigenvalue weighted by Gasteiger charge is -2.16. The van der Waals surface area contributed by atoms with Crippen LogP contribution in [-0.4, -0.2) is 66.3 Å². The van der Waals surface area contributed by atoms with Crippen LogP contribution in [0.15, 0.2) is 30.6 Å². The van der Waals surface area contributed by atoms with Crippen LogP contribution in [0.25, 0.3) is 11.2 Å². The molecule has 0 radical (unpaired) electrons. The number of nitrogens with one attached hydrogen (secondary N) is 1. The number of imidazole rings is 1. The van der Waals surface area contributed by atoms with Gasteiger partial charge < -0.3 is 31.1 Å². The number of rotatable bonds is 6. The van der Waals surface area contributed by atoms with Gasteiger partial charge in [0.1, 0.15) is 18.3 Å². The highest BCUT2D eigenvalue weighted by molar-refractivity contribution is 5.84. The molecule has 2 aromatic heterocycles. The van der Waals surface area contributed by atoms with E-state index >= 15 is 0 Å². The highest BCUT2D eigenvalue weighted by Gasteiger charge is 2.44. The van der Waals surface area contributed by atoms with Crippen molar-refractivity contribution in [1.82, 2.24) is 19.5 Å². The summed E-state index contributed by atoms with van der Waals surface area (Å²) in [6.07, 6.45) is -2.04. The molecule has 10 heteroatoms. The molecular weight excluding hydrogens is 376 g/mol. The van der Waals surface area contributed by atoms with Crippen molar-refractivity contribution in [3.63, 3.8) is 0 Å². The maximum atomic E-state index is 10.3. The van der Waals surface area contributed by atoms with E-state index in [1.807, 2.05) is 6.92 Å². The number of aryl methyl sites for hydroxylation is 1. The monoisotopic (exact) mass is 400 g/mol. The van der Waals surface area contributed by atoms with E-state index in [1.165, 1.54) is 22.0 Å². The van der Waals surface area contributed by atoms with Gasteiger partial charge in [-0.2, -0.15) is 9.97 Å². The molecule has 0 bridgehead atoms. The molecule has 3 aromatic rings. The largest absolute Gasteiger partial charge is 0.394 e. The van der Waals surface area contributed by atoms with Gasteiger partial charge in [-0.05, 0) is 18.9 Å². The number of fused-ring (bicyclic) bond motifs is 1. The van der Waals surface area contributed by atoms with Gasteiger partial charge in [-0.15, -0.1) is 0 Å². The third-order valence-corrected chi connectivity index (χ3v) is 5.06. The Bertz CT molecular complexity index is 992. The van der Waals surface area contributed by atoms with Crippen molar-refractivity contribution in [2.45, 2.75) is 37.9 Å². The Morgan fingerprint density at radius 1 is 1.17 bits per heavy atom. The third-order valence-electron chi connectivity index (χ3n) is 5.06. The normalized spacial score (nSPS) is 24.3. The second-order valence-corrected chi connectivity index (χ2v) is 7.15. The second kappa shape index (κ2) is 7.91. The van der Waals surface area contributed by atoms with Gasteiger partial charge >= 0.3 is 0 Å². The predicted octanol–water partition coefficient (Wildman–Crippen LogP) is -0.0170. The van der Waals surface area contributed by atoms with E-state index in [-0.39, 0.29) is 5.95 Å². The summed E-state index contributed by atoms with van der Waals surface area (Å²) in [6.45, 7) is 2.26. The van der Waals surface area contributed by atoms with Crippen LogP contribution in [0.1, 0.15) is 17.4 Å². The molecule has 0 saturated carbocycles. The summed E-state index contributed by atoms with van der Waals surface area (Å²) in [7, 11) is 0. The molecule has 0 amide bonds. The molecular formula is C19H24N6O4. The maximum Gasteiger partial charge on any atom is 0.224 e. The van der Waals surface area contributed by atoms with Crippen LogP contribution >= 0.6 is 0 Å². The Hall–Kier alpha value is -2.79. The Morgan fingerprint density at radius 2 is 1.93 bits per heavy atom. The summed E-state index contributed by atoms with van der Waals surface area (Å²) in [5.74, 6) is 0.522. The molecule has 1 aromatic carbocycles. The SMILES string of the molecule is Cc1ccc(CCNc2nc(N)nc3c2ncn3C2O[C@H](CO)[C@@H](O)[C@H]2O)cc1. The fraction of sp³-hybridized carbons (Fsp3) is 0.421. The van der Waals surface area contributed by atoms with Gasteiger partial charge in [-0.1, -0.05) is 29.8 Å². The first-order chi connectivity index (χ1) is 14.0. The zero-order chi connectivity index (χ0) is 20.5. The first-order valence-corrected chi connectivity index (χ1v) is 9.40. The summed E-state index contributed by atoms with van der Waals surface area (Å²) in [6, 6.07) is 8.30. The van der Waals surface area contributed by atoms with Crippen molar-refractivity contribution in [3.05, 3.63) is 41.7 Å². The van der Waals surface area contributed by atoms with E-state index in [0.29, 0.717) is 23.5 Å². The molecule has 10 nitrogen and oxygen atoms in total. The smallest absolute Gasteiger partial charge is 0.224 e. The number of nitrogen functional groups attached to an aromatic ring is 1. The number of benzene rings is 1. The second-order valence-electron chi connectivity index (χ2n) is 7.15. The van der Waals surface area contributed by atoms with Crippen molar-refractivity contribution in [2.75, 3.05) is 24.2 Å². The molecule has 1 unspecified atom stereocenters. The van der Waals surface area contributed by atoms with Crippen LogP contribution in [0.3, 0.4) is 0 Å².